The molecule has 38 heavy (non-hydrogen) atoms. The minimum atomic E-state index is 1.11. The quantitative estimate of drug-likeness (QED) is 0.243. The molecule has 0 nitrogen and oxygen atoms in total. The van der Waals surface area contributed by atoms with E-state index in [0.29, 0.717) is 0 Å². The van der Waals surface area contributed by atoms with E-state index in [1.807, 2.05) is 0 Å². The van der Waals surface area contributed by atoms with Gasteiger partial charge in [0.2, 0.25) is 0 Å². The summed E-state index contributed by atoms with van der Waals surface area (Å²) in [6, 6.07) is 23.6. The van der Waals surface area contributed by atoms with Crippen molar-refractivity contribution in [2.75, 3.05) is 0 Å². The van der Waals surface area contributed by atoms with Crippen LogP contribution in [-0.2, 0) is 51.4 Å². The van der Waals surface area contributed by atoms with Gasteiger partial charge in [0.05, 0.1) is 0 Å². The van der Waals surface area contributed by atoms with Crippen molar-refractivity contribution < 1.29 is 0 Å². The van der Waals surface area contributed by atoms with Gasteiger partial charge in [0, 0.05) is 0 Å². The molecule has 8 bridgehead atoms. The Morgan fingerprint density at radius 1 is 0.368 bits per heavy atom. The molecule has 0 saturated carbocycles. The van der Waals surface area contributed by atoms with E-state index in [0.717, 1.165) is 51.4 Å². The number of hydrogen-bond acceptors (Lipinski definition) is 0. The molecule has 0 heteroatoms. The normalized spacial score (nSPS) is 14.9. The monoisotopic (exact) mass is 496 g/mol. The Morgan fingerprint density at radius 2 is 0.605 bits per heavy atom. The van der Waals surface area contributed by atoms with Gasteiger partial charge in [-0.2, -0.15) is 0 Å². The molecule has 0 aromatic heterocycles. The highest BCUT2D eigenvalue weighted by Crippen LogP contribution is 2.28. The van der Waals surface area contributed by atoms with E-state index < -0.39 is 0 Å². The molecule has 0 heterocycles. The standard InChI is InChI=1S/C38H40/c1-25-31-7-5-8-32(25)14-18-36-22-29(21-35(17-13-31)27(36)3)11-12-30-23-37-19-15-33-9-6-10-34(26(33)2)16-20-38(24-30)28(37)4/h5-12,21-24H,13-20H2,1-4H3/b12-11-. The Labute approximate surface area is 229 Å². The van der Waals surface area contributed by atoms with E-state index >= 15 is 0 Å². The molecule has 6 rings (SSSR count). The van der Waals surface area contributed by atoms with Crippen molar-refractivity contribution in [1.82, 2.24) is 0 Å². The summed E-state index contributed by atoms with van der Waals surface area (Å²) in [6.07, 6.45) is 13.7. The summed E-state index contributed by atoms with van der Waals surface area (Å²) >= 11 is 0. The maximum Gasteiger partial charge on any atom is -0.0235 e. The molecular formula is C38H40. The zero-order valence-electron chi connectivity index (χ0n) is 23.6. The minimum absolute atomic E-state index is 1.11. The summed E-state index contributed by atoms with van der Waals surface area (Å²) in [5.74, 6) is 0. The molecule has 0 amide bonds. The Balaban J connectivity index is 1.31. The summed E-state index contributed by atoms with van der Waals surface area (Å²) in [5, 5.41) is 0. The largest absolute Gasteiger partial charge is 0.0617 e. The van der Waals surface area contributed by atoms with Gasteiger partial charge in [-0.15, -0.1) is 0 Å². The van der Waals surface area contributed by atoms with Crippen LogP contribution in [0.3, 0.4) is 0 Å². The van der Waals surface area contributed by atoms with Crippen molar-refractivity contribution in [3.63, 3.8) is 0 Å². The number of aryl methyl sites for hydroxylation is 8. The van der Waals surface area contributed by atoms with Gasteiger partial charge in [-0.05, 0) is 157 Å². The van der Waals surface area contributed by atoms with Crippen LogP contribution in [0.4, 0.5) is 0 Å². The Kier molecular flexibility index (Phi) is 6.83. The predicted octanol–water partition coefficient (Wildman–Crippen LogP) is 8.86. The van der Waals surface area contributed by atoms with E-state index in [2.05, 4.69) is 101 Å². The number of fused-ring (bicyclic) bond motifs is 8. The second kappa shape index (κ2) is 10.4. The van der Waals surface area contributed by atoms with Crippen molar-refractivity contribution in [3.05, 3.63) is 139 Å². The Morgan fingerprint density at radius 3 is 0.895 bits per heavy atom. The molecule has 2 aliphatic carbocycles. The summed E-state index contributed by atoms with van der Waals surface area (Å²) in [4.78, 5) is 0. The van der Waals surface area contributed by atoms with Gasteiger partial charge < -0.3 is 0 Å². The molecule has 0 radical (unpaired) electrons. The molecule has 2 aliphatic rings. The first-order valence-corrected chi connectivity index (χ1v) is 14.5. The maximum absolute atomic E-state index is 2.44. The average Bonchev–Trinajstić information content (AvgIpc) is 2.91. The summed E-state index contributed by atoms with van der Waals surface area (Å²) < 4.78 is 0. The van der Waals surface area contributed by atoms with Crippen LogP contribution in [0.25, 0.3) is 12.2 Å². The highest BCUT2D eigenvalue weighted by Gasteiger charge is 2.14. The van der Waals surface area contributed by atoms with Gasteiger partial charge in [-0.1, -0.05) is 72.8 Å². The summed E-state index contributed by atoms with van der Waals surface area (Å²) in [6.45, 7) is 9.29. The van der Waals surface area contributed by atoms with Crippen LogP contribution in [0.2, 0.25) is 0 Å². The molecule has 4 aromatic rings. The van der Waals surface area contributed by atoms with Gasteiger partial charge in [0.1, 0.15) is 0 Å². The summed E-state index contributed by atoms with van der Waals surface area (Å²) in [7, 11) is 0. The van der Waals surface area contributed by atoms with Crippen LogP contribution in [0.1, 0.15) is 77.9 Å². The van der Waals surface area contributed by atoms with Crippen LogP contribution in [-0.4, -0.2) is 0 Å². The molecule has 0 aliphatic heterocycles. The lowest BCUT2D eigenvalue weighted by Crippen LogP contribution is -2.06. The molecular weight excluding hydrogens is 456 g/mol. The maximum atomic E-state index is 2.44. The molecule has 0 N–H and O–H groups in total. The lowest BCUT2D eigenvalue weighted by Gasteiger charge is -2.19. The third-order valence-electron chi connectivity index (χ3n) is 9.53. The fourth-order valence-electron chi connectivity index (χ4n) is 6.79. The van der Waals surface area contributed by atoms with Gasteiger partial charge in [0.25, 0.3) is 0 Å². The van der Waals surface area contributed by atoms with Crippen molar-refractivity contribution in [1.29, 1.82) is 0 Å². The van der Waals surface area contributed by atoms with Crippen LogP contribution >= 0.6 is 0 Å². The van der Waals surface area contributed by atoms with Gasteiger partial charge in [0.15, 0.2) is 0 Å². The van der Waals surface area contributed by atoms with E-state index in [1.165, 1.54) is 77.9 Å². The fourth-order valence-corrected chi connectivity index (χ4v) is 6.79. The molecule has 4 aromatic carbocycles. The number of rotatable bonds is 2. The summed E-state index contributed by atoms with van der Waals surface area (Å²) in [5.41, 5.74) is 20.8. The molecule has 0 atom stereocenters. The minimum Gasteiger partial charge on any atom is -0.0617 e. The van der Waals surface area contributed by atoms with E-state index in [1.54, 1.807) is 0 Å². The van der Waals surface area contributed by atoms with Gasteiger partial charge >= 0.3 is 0 Å². The molecule has 0 unspecified atom stereocenters. The fraction of sp³-hybridized carbons (Fsp3) is 0.316. The molecule has 0 spiro atoms. The second-order valence-corrected chi connectivity index (χ2v) is 11.7. The lowest BCUT2D eigenvalue weighted by molar-refractivity contribution is 0.873. The van der Waals surface area contributed by atoms with Crippen LogP contribution in [0.5, 0.6) is 0 Å². The molecule has 192 valence electrons. The predicted molar refractivity (Wildman–Crippen MR) is 163 cm³/mol. The van der Waals surface area contributed by atoms with Crippen molar-refractivity contribution >= 4 is 12.2 Å². The molecule has 0 fully saturated rings. The number of benzene rings is 4. The van der Waals surface area contributed by atoms with Crippen LogP contribution in [0, 0.1) is 27.7 Å². The van der Waals surface area contributed by atoms with E-state index in [9.17, 15) is 0 Å². The topological polar surface area (TPSA) is 0 Å². The van der Waals surface area contributed by atoms with Crippen LogP contribution < -0.4 is 0 Å². The highest BCUT2D eigenvalue weighted by atomic mass is 14.2. The van der Waals surface area contributed by atoms with Crippen molar-refractivity contribution in [2.45, 2.75) is 79.1 Å². The van der Waals surface area contributed by atoms with Gasteiger partial charge in [-0.3, -0.25) is 0 Å². The third-order valence-corrected chi connectivity index (χ3v) is 9.53. The average molecular weight is 497 g/mol. The smallest absolute Gasteiger partial charge is 0.0235 e. The SMILES string of the molecule is Cc1c2cccc1CCc1cc(/C=C\c3cc4c(C)c(c3)CCc3cccc(c3C)CC4)cc(c1C)CC2. The zero-order valence-corrected chi connectivity index (χ0v) is 23.6. The van der Waals surface area contributed by atoms with Crippen molar-refractivity contribution in [2.24, 2.45) is 0 Å². The first-order valence-electron chi connectivity index (χ1n) is 14.5. The highest BCUT2D eigenvalue weighted by molar-refractivity contribution is 5.72. The first kappa shape index (κ1) is 24.9. The van der Waals surface area contributed by atoms with E-state index in [-0.39, 0.29) is 0 Å². The first-order chi connectivity index (χ1) is 18.5. The zero-order chi connectivity index (χ0) is 26.2. The second-order valence-electron chi connectivity index (χ2n) is 11.7. The lowest BCUT2D eigenvalue weighted by atomic mass is 9.86. The van der Waals surface area contributed by atoms with Gasteiger partial charge in [-0.25, -0.2) is 0 Å². The number of hydrogen-bond donors (Lipinski definition) is 0. The Bertz CT molecular complexity index is 1330. The van der Waals surface area contributed by atoms with Crippen molar-refractivity contribution in [3.8, 4) is 0 Å². The third kappa shape index (κ3) is 4.90. The van der Waals surface area contributed by atoms with Crippen LogP contribution in [0.15, 0.2) is 60.7 Å². The molecule has 0 saturated heterocycles. The van der Waals surface area contributed by atoms with E-state index in [4.69, 9.17) is 0 Å². The Hall–Kier alpha value is -3.38.